The molecule has 5 nitrogen and oxygen atoms in total. The molecule has 0 aliphatic heterocycles. The average Bonchev–Trinajstić information content (AvgIpc) is 2.58. The first-order valence-electron chi connectivity index (χ1n) is 7.33. The number of esters is 2. The molecular formula is C18H18O5S. The molecule has 0 N–H and O–H groups in total. The van der Waals surface area contributed by atoms with Gasteiger partial charge in [0.1, 0.15) is 13.2 Å². The van der Waals surface area contributed by atoms with Gasteiger partial charge in [0.15, 0.2) is 0 Å². The smallest absolute Gasteiger partial charge is 0.302 e. The maximum absolute atomic E-state index is 13.0. The van der Waals surface area contributed by atoms with Crippen LogP contribution in [-0.2, 0) is 43.1 Å². The zero-order chi connectivity index (χ0) is 17.5. The van der Waals surface area contributed by atoms with Gasteiger partial charge in [0.05, 0.1) is 20.6 Å². The van der Waals surface area contributed by atoms with E-state index in [0.717, 1.165) is 0 Å². The van der Waals surface area contributed by atoms with Crippen LogP contribution >= 0.6 is 0 Å². The lowest BCUT2D eigenvalue weighted by Gasteiger charge is -2.12. The Morgan fingerprint density at radius 1 is 0.792 bits per heavy atom. The minimum absolute atomic E-state index is 0.0589. The van der Waals surface area contributed by atoms with E-state index < -0.39 is 22.7 Å². The maximum Gasteiger partial charge on any atom is 0.302 e. The van der Waals surface area contributed by atoms with Gasteiger partial charge in [-0.15, -0.1) is 0 Å². The van der Waals surface area contributed by atoms with E-state index in [0.29, 0.717) is 20.9 Å². The molecule has 2 aromatic carbocycles. The summed E-state index contributed by atoms with van der Waals surface area (Å²) in [7, 11) is -1.48. The van der Waals surface area contributed by atoms with E-state index in [-0.39, 0.29) is 13.2 Å². The van der Waals surface area contributed by atoms with Crippen LogP contribution in [0.5, 0.6) is 0 Å². The molecule has 0 radical (unpaired) electrons. The van der Waals surface area contributed by atoms with Gasteiger partial charge in [0, 0.05) is 25.0 Å². The standard InChI is InChI=1S/C18H18O5S/c1-13(19)22-11-15-7-3-5-9-17(15)24(21)18-10-6-4-8-16(18)12-23-14(2)20/h3-10H,11-12H2,1-2H3. The third-order valence-corrected chi connectivity index (χ3v) is 4.80. The van der Waals surface area contributed by atoms with Gasteiger partial charge in [-0.2, -0.15) is 0 Å². The van der Waals surface area contributed by atoms with Crippen LogP contribution in [0.2, 0.25) is 0 Å². The fraction of sp³-hybridized carbons (Fsp3) is 0.222. The number of rotatable bonds is 6. The quantitative estimate of drug-likeness (QED) is 0.752. The molecule has 126 valence electrons. The molecule has 6 heteroatoms. The lowest BCUT2D eigenvalue weighted by atomic mass is 10.2. The molecular weight excluding hydrogens is 328 g/mol. The van der Waals surface area contributed by atoms with Crippen molar-refractivity contribution in [3.05, 3.63) is 59.7 Å². The summed E-state index contributed by atoms with van der Waals surface area (Å²) in [5.41, 5.74) is 1.35. The highest BCUT2D eigenvalue weighted by Gasteiger charge is 2.16. The summed E-state index contributed by atoms with van der Waals surface area (Å²) in [6.07, 6.45) is 0. The Morgan fingerprint density at radius 2 is 1.17 bits per heavy atom. The summed E-state index contributed by atoms with van der Waals surface area (Å²) < 4.78 is 23.0. The Bertz CT molecular complexity index is 706. The average molecular weight is 346 g/mol. The second-order valence-electron chi connectivity index (χ2n) is 5.04. The number of ether oxygens (including phenoxy) is 2. The van der Waals surface area contributed by atoms with Gasteiger partial charge in [0.2, 0.25) is 0 Å². The van der Waals surface area contributed by atoms with Crippen molar-refractivity contribution in [3.8, 4) is 0 Å². The molecule has 0 bridgehead atoms. The zero-order valence-corrected chi connectivity index (χ0v) is 14.3. The molecule has 24 heavy (non-hydrogen) atoms. The van der Waals surface area contributed by atoms with Gasteiger partial charge in [-0.05, 0) is 12.1 Å². The summed E-state index contributed by atoms with van der Waals surface area (Å²) in [5, 5.41) is 0. The number of carbonyl (C=O) groups excluding carboxylic acids is 2. The Hall–Kier alpha value is -2.47. The zero-order valence-electron chi connectivity index (χ0n) is 13.5. The second kappa shape index (κ2) is 8.40. The predicted molar refractivity (Wildman–Crippen MR) is 88.5 cm³/mol. The number of hydrogen-bond acceptors (Lipinski definition) is 5. The van der Waals surface area contributed by atoms with Crippen molar-refractivity contribution in [1.29, 1.82) is 0 Å². The Kier molecular flexibility index (Phi) is 6.26. The summed E-state index contributed by atoms with van der Waals surface area (Å²) in [6.45, 7) is 2.77. The van der Waals surface area contributed by atoms with Crippen LogP contribution in [0.3, 0.4) is 0 Å². The van der Waals surface area contributed by atoms with E-state index in [2.05, 4.69) is 0 Å². The van der Waals surface area contributed by atoms with Crippen LogP contribution in [0, 0.1) is 0 Å². The van der Waals surface area contributed by atoms with Gasteiger partial charge in [-0.3, -0.25) is 9.59 Å². The molecule has 0 spiro atoms. The number of carbonyl (C=O) groups is 2. The normalized spacial score (nSPS) is 10.5. The van der Waals surface area contributed by atoms with Crippen molar-refractivity contribution in [3.63, 3.8) is 0 Å². The summed E-state index contributed by atoms with van der Waals surface area (Å²) >= 11 is 0. The van der Waals surface area contributed by atoms with E-state index in [9.17, 15) is 13.8 Å². The lowest BCUT2D eigenvalue weighted by Crippen LogP contribution is -2.06. The van der Waals surface area contributed by atoms with E-state index in [1.54, 1.807) is 48.5 Å². The molecule has 0 saturated heterocycles. The van der Waals surface area contributed by atoms with Crippen molar-refractivity contribution in [1.82, 2.24) is 0 Å². The van der Waals surface area contributed by atoms with Gasteiger partial charge in [0.25, 0.3) is 0 Å². The van der Waals surface area contributed by atoms with E-state index >= 15 is 0 Å². The van der Waals surface area contributed by atoms with Gasteiger partial charge in [-0.25, -0.2) is 4.21 Å². The molecule has 0 amide bonds. The Labute approximate surface area is 143 Å². The molecule has 0 saturated carbocycles. The summed E-state index contributed by atoms with van der Waals surface area (Å²) in [5.74, 6) is -0.795. The van der Waals surface area contributed by atoms with Crippen molar-refractivity contribution in [2.24, 2.45) is 0 Å². The maximum atomic E-state index is 13.0. The minimum atomic E-state index is -1.48. The molecule has 0 aliphatic rings. The highest BCUT2D eigenvalue weighted by Crippen LogP contribution is 2.24. The van der Waals surface area contributed by atoms with E-state index in [4.69, 9.17) is 9.47 Å². The van der Waals surface area contributed by atoms with Crippen molar-refractivity contribution >= 4 is 22.7 Å². The third-order valence-electron chi connectivity index (χ3n) is 3.21. The Balaban J connectivity index is 2.32. The van der Waals surface area contributed by atoms with Gasteiger partial charge in [-0.1, -0.05) is 36.4 Å². The van der Waals surface area contributed by atoms with E-state index in [1.807, 2.05) is 0 Å². The van der Waals surface area contributed by atoms with E-state index in [1.165, 1.54) is 13.8 Å². The second-order valence-corrected chi connectivity index (χ2v) is 6.46. The monoisotopic (exact) mass is 346 g/mol. The first-order valence-corrected chi connectivity index (χ1v) is 8.48. The summed E-state index contributed by atoms with van der Waals surface area (Å²) in [6, 6.07) is 14.2. The number of benzene rings is 2. The van der Waals surface area contributed by atoms with Crippen LogP contribution in [0.15, 0.2) is 58.3 Å². The van der Waals surface area contributed by atoms with Gasteiger partial charge < -0.3 is 9.47 Å². The molecule has 0 heterocycles. The first-order chi connectivity index (χ1) is 11.5. The SMILES string of the molecule is CC(=O)OCc1ccccc1S(=O)c1ccccc1COC(C)=O. The molecule has 0 atom stereocenters. The molecule has 2 rings (SSSR count). The van der Waals surface area contributed by atoms with Crippen molar-refractivity contribution < 1.29 is 23.3 Å². The largest absolute Gasteiger partial charge is 0.461 e. The molecule has 0 aliphatic carbocycles. The topological polar surface area (TPSA) is 69.7 Å². The van der Waals surface area contributed by atoms with Crippen LogP contribution in [0.25, 0.3) is 0 Å². The van der Waals surface area contributed by atoms with Crippen molar-refractivity contribution in [2.45, 2.75) is 36.9 Å². The highest BCUT2D eigenvalue weighted by atomic mass is 32.2. The fourth-order valence-corrected chi connectivity index (χ4v) is 3.46. The molecule has 0 unspecified atom stereocenters. The highest BCUT2D eigenvalue weighted by molar-refractivity contribution is 7.85. The first kappa shape index (κ1) is 17.9. The predicted octanol–water partition coefficient (Wildman–Crippen LogP) is 2.98. The van der Waals surface area contributed by atoms with Gasteiger partial charge >= 0.3 is 11.9 Å². The molecule has 0 fully saturated rings. The molecule has 0 aromatic heterocycles. The molecule has 2 aromatic rings. The van der Waals surface area contributed by atoms with Crippen molar-refractivity contribution in [2.75, 3.05) is 0 Å². The minimum Gasteiger partial charge on any atom is -0.461 e. The van der Waals surface area contributed by atoms with Crippen LogP contribution in [0.4, 0.5) is 0 Å². The van der Waals surface area contributed by atoms with Crippen LogP contribution in [0.1, 0.15) is 25.0 Å². The fourth-order valence-electron chi connectivity index (χ4n) is 2.09. The third kappa shape index (κ3) is 4.76. The number of hydrogen-bond donors (Lipinski definition) is 0. The van der Waals surface area contributed by atoms with Crippen LogP contribution in [-0.4, -0.2) is 16.1 Å². The van der Waals surface area contributed by atoms with Crippen LogP contribution < -0.4 is 0 Å². The lowest BCUT2D eigenvalue weighted by molar-refractivity contribution is -0.143. The summed E-state index contributed by atoms with van der Waals surface area (Å²) in [4.78, 5) is 23.2. The Morgan fingerprint density at radius 3 is 1.54 bits per heavy atom.